The van der Waals surface area contributed by atoms with Gasteiger partial charge >= 0.3 is 6.01 Å². The second-order valence-electron chi connectivity index (χ2n) is 5.22. The van der Waals surface area contributed by atoms with Crippen molar-refractivity contribution in [2.75, 3.05) is 5.32 Å². The summed E-state index contributed by atoms with van der Waals surface area (Å²) in [5.41, 5.74) is 3.62. The van der Waals surface area contributed by atoms with Crippen LogP contribution < -0.4 is 5.32 Å². The fourth-order valence-electron chi connectivity index (χ4n) is 2.43. The Morgan fingerprint density at radius 3 is 2.74 bits per heavy atom. The van der Waals surface area contributed by atoms with Crippen molar-refractivity contribution in [3.63, 3.8) is 0 Å². The number of nitrogens with zero attached hydrogens (tertiary/aromatic N) is 3. The maximum atomic E-state index is 12.1. The first kappa shape index (κ1) is 13.4. The lowest BCUT2D eigenvalue weighted by molar-refractivity contribution is -0.110. The molecule has 112 valence electrons. The number of benzene rings is 2. The molecule has 0 aliphatic carbocycles. The Labute approximate surface area is 131 Å². The number of hydrogen-bond acceptors (Lipinski definition) is 5. The zero-order valence-electron chi connectivity index (χ0n) is 12.3. The van der Waals surface area contributed by atoms with Crippen molar-refractivity contribution < 1.29 is 9.21 Å². The fourth-order valence-corrected chi connectivity index (χ4v) is 2.43. The zero-order valence-corrected chi connectivity index (χ0v) is 12.3. The highest BCUT2D eigenvalue weighted by Crippen LogP contribution is 2.27. The largest absolute Gasteiger partial charge is 0.402 e. The molecule has 1 aliphatic rings. The van der Waals surface area contributed by atoms with E-state index < -0.39 is 0 Å². The van der Waals surface area contributed by atoms with Gasteiger partial charge in [-0.05, 0) is 31.2 Å². The Kier molecular flexibility index (Phi) is 3.01. The fraction of sp³-hybridized carbons (Fsp3) is 0.0588. The second-order valence-corrected chi connectivity index (χ2v) is 5.22. The maximum absolute atomic E-state index is 12.1. The molecule has 0 saturated carbocycles. The van der Waals surface area contributed by atoms with Crippen LogP contribution in [-0.2, 0) is 4.79 Å². The molecule has 6 heteroatoms. The Morgan fingerprint density at radius 2 is 1.91 bits per heavy atom. The Balaban J connectivity index is 1.73. The van der Waals surface area contributed by atoms with Gasteiger partial charge in [-0.3, -0.25) is 4.79 Å². The first-order valence-corrected chi connectivity index (χ1v) is 7.11. The number of carbonyl (C=O) groups is 1. The zero-order chi connectivity index (χ0) is 15.8. The van der Waals surface area contributed by atoms with Gasteiger partial charge in [-0.2, -0.15) is 4.99 Å². The Morgan fingerprint density at radius 1 is 1.09 bits per heavy atom. The van der Waals surface area contributed by atoms with Crippen LogP contribution in [0, 0.1) is 6.92 Å². The van der Waals surface area contributed by atoms with Crippen molar-refractivity contribution in [3.05, 3.63) is 59.7 Å². The maximum Gasteiger partial charge on any atom is 0.343 e. The molecule has 2 heterocycles. The van der Waals surface area contributed by atoms with Crippen LogP contribution in [0.15, 0.2) is 57.9 Å². The summed E-state index contributed by atoms with van der Waals surface area (Å²) in [6, 6.07) is 15.2. The van der Waals surface area contributed by atoms with Crippen molar-refractivity contribution in [1.29, 1.82) is 0 Å². The molecular formula is C17H12N4O2. The van der Waals surface area contributed by atoms with Gasteiger partial charge in [0.05, 0.1) is 5.69 Å². The van der Waals surface area contributed by atoms with Crippen LogP contribution in [0.1, 0.15) is 11.1 Å². The van der Waals surface area contributed by atoms with Crippen molar-refractivity contribution >= 4 is 23.3 Å². The molecule has 0 spiro atoms. The van der Waals surface area contributed by atoms with Gasteiger partial charge in [0, 0.05) is 11.1 Å². The molecule has 6 nitrogen and oxygen atoms in total. The van der Waals surface area contributed by atoms with E-state index in [-0.39, 0.29) is 17.6 Å². The van der Waals surface area contributed by atoms with Crippen molar-refractivity contribution in [2.24, 2.45) is 4.99 Å². The number of hydrogen-bond donors (Lipinski definition) is 1. The summed E-state index contributed by atoms with van der Waals surface area (Å²) in [5.74, 6) is 0.0953. The van der Waals surface area contributed by atoms with E-state index in [1.165, 1.54) is 0 Å². The number of anilines is 1. The summed E-state index contributed by atoms with van der Waals surface area (Å²) in [4.78, 5) is 16.3. The van der Waals surface area contributed by atoms with E-state index in [2.05, 4.69) is 20.5 Å². The first-order chi connectivity index (χ1) is 11.2. The molecule has 1 aromatic heterocycles. The number of aryl methyl sites for hydroxylation is 1. The molecule has 4 rings (SSSR count). The first-order valence-electron chi connectivity index (χ1n) is 7.11. The molecule has 1 N–H and O–H groups in total. The molecule has 0 fully saturated rings. The average molecular weight is 304 g/mol. The highest BCUT2D eigenvalue weighted by atomic mass is 16.4. The minimum Gasteiger partial charge on any atom is -0.402 e. The summed E-state index contributed by atoms with van der Waals surface area (Å²) >= 11 is 0. The molecule has 23 heavy (non-hydrogen) atoms. The van der Waals surface area contributed by atoms with Gasteiger partial charge < -0.3 is 9.73 Å². The number of nitrogens with one attached hydrogen (secondary N) is 1. The van der Waals surface area contributed by atoms with Crippen LogP contribution in [-0.4, -0.2) is 21.8 Å². The number of carbonyl (C=O) groups excluding carboxylic acids is 1. The average Bonchev–Trinajstić information content (AvgIpc) is 3.15. The minimum absolute atomic E-state index is 0.0587. The summed E-state index contributed by atoms with van der Waals surface area (Å²) in [6.45, 7) is 1.96. The number of amides is 1. The van der Waals surface area contributed by atoms with Crippen molar-refractivity contribution in [1.82, 2.24) is 10.2 Å². The van der Waals surface area contributed by atoms with Gasteiger partial charge in [0.15, 0.2) is 0 Å². The predicted molar refractivity (Wildman–Crippen MR) is 85.7 cm³/mol. The summed E-state index contributed by atoms with van der Waals surface area (Å²) in [6.07, 6.45) is 0. The highest BCUT2D eigenvalue weighted by Gasteiger charge is 2.26. The number of aromatic nitrogens is 2. The van der Waals surface area contributed by atoms with Gasteiger partial charge in [0.1, 0.15) is 5.71 Å². The van der Waals surface area contributed by atoms with Crippen molar-refractivity contribution in [3.8, 4) is 11.5 Å². The minimum atomic E-state index is -0.273. The molecule has 0 unspecified atom stereocenters. The van der Waals surface area contributed by atoms with Gasteiger partial charge in [-0.25, -0.2) is 0 Å². The summed E-state index contributed by atoms with van der Waals surface area (Å²) < 4.78 is 5.54. The van der Waals surface area contributed by atoms with Gasteiger partial charge in [0.2, 0.25) is 5.89 Å². The lowest BCUT2D eigenvalue weighted by Gasteiger charge is -1.98. The summed E-state index contributed by atoms with van der Waals surface area (Å²) in [7, 11) is 0. The van der Waals surface area contributed by atoms with Crippen LogP contribution >= 0.6 is 0 Å². The van der Waals surface area contributed by atoms with E-state index in [1.807, 2.05) is 55.5 Å². The smallest absolute Gasteiger partial charge is 0.343 e. The normalized spacial score (nSPS) is 14.8. The van der Waals surface area contributed by atoms with Crippen LogP contribution in [0.3, 0.4) is 0 Å². The second kappa shape index (κ2) is 5.17. The predicted octanol–water partition coefficient (Wildman–Crippen LogP) is 3.12. The molecule has 0 bridgehead atoms. The molecule has 1 amide bonds. The topological polar surface area (TPSA) is 80.4 Å². The molecule has 0 atom stereocenters. The van der Waals surface area contributed by atoms with Crippen LogP contribution in [0.4, 0.5) is 11.7 Å². The Hall–Kier alpha value is -3.28. The quantitative estimate of drug-likeness (QED) is 0.788. The SMILES string of the molecule is Cc1ccc2c(c1)/C(=N\c1nnc(-c3ccccc3)o1)C(=O)N2. The van der Waals surface area contributed by atoms with Crippen LogP contribution in [0.5, 0.6) is 0 Å². The van der Waals surface area contributed by atoms with Gasteiger partial charge in [0.25, 0.3) is 5.91 Å². The highest BCUT2D eigenvalue weighted by molar-refractivity contribution is 6.54. The molecule has 0 saturated heterocycles. The van der Waals surface area contributed by atoms with E-state index in [4.69, 9.17) is 4.42 Å². The van der Waals surface area contributed by atoms with Crippen LogP contribution in [0.2, 0.25) is 0 Å². The molecule has 2 aromatic carbocycles. The standard InChI is InChI=1S/C17H12N4O2/c1-10-7-8-13-12(9-10)14(15(22)18-13)19-17-21-20-16(23-17)11-5-3-2-4-6-11/h2-9H,1H3,(H,18,19,21,22). The van der Waals surface area contributed by atoms with Gasteiger partial charge in [-0.1, -0.05) is 34.9 Å². The van der Waals surface area contributed by atoms with E-state index in [0.29, 0.717) is 5.89 Å². The van der Waals surface area contributed by atoms with E-state index >= 15 is 0 Å². The monoisotopic (exact) mass is 304 g/mol. The van der Waals surface area contributed by atoms with Gasteiger partial charge in [-0.15, -0.1) is 5.10 Å². The number of aliphatic imine (C=N–C) groups is 1. The molecule has 0 radical (unpaired) electrons. The van der Waals surface area contributed by atoms with Crippen LogP contribution in [0.25, 0.3) is 11.5 Å². The number of rotatable bonds is 2. The van der Waals surface area contributed by atoms with E-state index in [1.54, 1.807) is 0 Å². The third-order valence-electron chi connectivity index (χ3n) is 3.54. The molecule has 1 aliphatic heterocycles. The third-order valence-corrected chi connectivity index (χ3v) is 3.54. The lowest BCUT2D eigenvalue weighted by atomic mass is 10.1. The number of fused-ring (bicyclic) bond motifs is 1. The molecule has 3 aromatic rings. The lowest BCUT2D eigenvalue weighted by Crippen LogP contribution is -2.13. The van der Waals surface area contributed by atoms with E-state index in [9.17, 15) is 4.79 Å². The summed E-state index contributed by atoms with van der Waals surface area (Å²) in [5, 5.41) is 10.6. The van der Waals surface area contributed by atoms with Crippen molar-refractivity contribution in [2.45, 2.75) is 6.92 Å². The Bertz CT molecular complexity index is 929. The van der Waals surface area contributed by atoms with E-state index in [0.717, 1.165) is 22.4 Å². The molecular weight excluding hydrogens is 292 g/mol. The third kappa shape index (κ3) is 2.40.